The van der Waals surface area contributed by atoms with Crippen molar-refractivity contribution in [2.45, 2.75) is 19.6 Å². The van der Waals surface area contributed by atoms with Gasteiger partial charge in [-0.2, -0.15) is 0 Å². The first kappa shape index (κ1) is 29.3. The zero-order chi connectivity index (χ0) is 27.9. The van der Waals surface area contributed by atoms with Crippen LogP contribution in [0.5, 0.6) is 5.75 Å². The van der Waals surface area contributed by atoms with Crippen molar-refractivity contribution in [2.24, 2.45) is 0 Å². The fraction of sp³-hybridized carbons (Fsp3) is 0.233. The van der Waals surface area contributed by atoms with Crippen molar-refractivity contribution in [3.63, 3.8) is 0 Å². The van der Waals surface area contributed by atoms with E-state index < -0.39 is 0 Å². The number of rotatable bonds is 14. The second kappa shape index (κ2) is 15.9. The Kier molecular flexibility index (Phi) is 11.9. The molecule has 0 atom stereocenters. The third-order valence-corrected chi connectivity index (χ3v) is 6.82. The van der Waals surface area contributed by atoms with Crippen molar-refractivity contribution in [3.05, 3.63) is 101 Å². The number of nitrogens with one attached hydrogen (secondary N) is 4. The monoisotopic (exact) mass is 545 g/mol. The summed E-state index contributed by atoms with van der Waals surface area (Å²) in [6, 6.07) is 26.0. The van der Waals surface area contributed by atoms with Crippen LogP contribution in [-0.4, -0.2) is 49.3 Å². The number of urea groups is 1. The zero-order valence-corrected chi connectivity index (χ0v) is 23.1. The highest BCUT2D eigenvalue weighted by Gasteiger charge is 2.20. The van der Waals surface area contributed by atoms with Crippen molar-refractivity contribution in [3.8, 4) is 5.75 Å². The molecule has 39 heavy (non-hydrogen) atoms. The van der Waals surface area contributed by atoms with Crippen molar-refractivity contribution >= 4 is 41.3 Å². The molecule has 0 aromatic heterocycles. The first-order valence-electron chi connectivity index (χ1n) is 12.8. The quantitative estimate of drug-likeness (QED) is 0.148. The van der Waals surface area contributed by atoms with E-state index in [9.17, 15) is 9.59 Å². The van der Waals surface area contributed by atoms with Crippen molar-refractivity contribution in [2.75, 3.05) is 36.9 Å². The van der Waals surface area contributed by atoms with Gasteiger partial charge in [-0.1, -0.05) is 60.7 Å². The molecule has 0 aliphatic rings. The Morgan fingerprint density at radius 3 is 2.26 bits per heavy atom. The molecule has 0 aliphatic heterocycles. The normalized spacial score (nSPS) is 11.1. The maximum Gasteiger partial charge on any atom is 0.319 e. The Hall–Kier alpha value is -4.24. The van der Waals surface area contributed by atoms with Crippen molar-refractivity contribution < 1.29 is 14.3 Å². The number of carbonyl (C=O) groups is 2. The lowest BCUT2D eigenvalue weighted by atomic mass is 10.2. The largest absolute Gasteiger partial charge is 0.492 e. The van der Waals surface area contributed by atoms with Crippen LogP contribution in [0, 0.1) is 5.41 Å². The highest BCUT2D eigenvalue weighted by molar-refractivity contribution is 8.03. The van der Waals surface area contributed by atoms with Gasteiger partial charge >= 0.3 is 6.03 Å². The topological polar surface area (TPSA) is 107 Å². The fourth-order valence-corrected chi connectivity index (χ4v) is 4.79. The Morgan fingerprint density at radius 2 is 1.59 bits per heavy atom. The number of thioether (sulfide) groups is 1. The maximum atomic E-state index is 13.4. The number of anilines is 2. The highest BCUT2D eigenvalue weighted by Crippen LogP contribution is 2.27. The van der Waals surface area contributed by atoms with Crippen LogP contribution in [-0.2, 0) is 10.5 Å². The molecule has 0 heterocycles. The van der Waals surface area contributed by atoms with Crippen molar-refractivity contribution in [1.82, 2.24) is 10.2 Å². The van der Waals surface area contributed by atoms with Crippen LogP contribution in [0.2, 0.25) is 0 Å². The molecule has 9 heteroatoms. The van der Waals surface area contributed by atoms with Gasteiger partial charge in [0.05, 0.1) is 22.9 Å². The lowest BCUT2D eigenvalue weighted by Crippen LogP contribution is -2.37. The number of hydrogen-bond acceptors (Lipinski definition) is 6. The molecule has 0 saturated heterocycles. The summed E-state index contributed by atoms with van der Waals surface area (Å²) in [5.74, 6) is 0.897. The van der Waals surface area contributed by atoms with Crippen LogP contribution < -0.4 is 20.7 Å². The molecule has 0 radical (unpaired) electrons. The Balaban J connectivity index is 1.72. The third kappa shape index (κ3) is 9.22. The predicted octanol–water partition coefficient (Wildman–Crippen LogP) is 5.96. The second-order valence-electron chi connectivity index (χ2n) is 8.34. The van der Waals surface area contributed by atoms with Gasteiger partial charge in [-0.3, -0.25) is 4.79 Å². The van der Waals surface area contributed by atoms with Crippen LogP contribution in [0.3, 0.4) is 0 Å². The zero-order valence-electron chi connectivity index (χ0n) is 22.3. The Bertz CT molecular complexity index is 1250. The standard InChI is InChI=1S/C30H35N5O3S/c1-3-35(20-19-32-30(37)34-25-17-11-12-18-27(25)38-4-2)26(21-31)28(39-22-23-13-7-5-8-14-23)29(36)33-24-15-9-6-10-16-24/h5-18,21,31H,3-4,19-20,22H2,1-2H3,(H,33,36)(H2,32,34,37)/b28-26-,31-21?. The number of para-hydroxylation sites is 3. The number of allylic oxidation sites excluding steroid dienone is 1. The SMILES string of the molecule is CCOc1ccccc1NC(=O)NCCN(CC)/C(C=N)=C(\SCc1ccccc1)C(=O)Nc1ccccc1. The molecule has 3 aromatic rings. The highest BCUT2D eigenvalue weighted by atomic mass is 32.2. The van der Waals surface area contributed by atoms with Crippen LogP contribution in [0.4, 0.5) is 16.2 Å². The Labute approximate surface area is 234 Å². The van der Waals surface area contributed by atoms with Gasteiger partial charge in [0, 0.05) is 37.3 Å². The first-order valence-corrected chi connectivity index (χ1v) is 13.8. The van der Waals surface area contributed by atoms with Crippen molar-refractivity contribution in [1.29, 1.82) is 5.41 Å². The van der Waals surface area contributed by atoms with Gasteiger partial charge in [-0.15, -0.1) is 11.8 Å². The molecule has 0 bridgehead atoms. The molecule has 0 saturated carbocycles. The minimum Gasteiger partial charge on any atom is -0.492 e. The summed E-state index contributed by atoms with van der Waals surface area (Å²) >= 11 is 1.39. The molecular weight excluding hydrogens is 510 g/mol. The minimum absolute atomic E-state index is 0.280. The van der Waals surface area contributed by atoms with Gasteiger partial charge in [-0.05, 0) is 43.7 Å². The first-order chi connectivity index (χ1) is 19.0. The van der Waals surface area contributed by atoms with Crippen LogP contribution in [0.25, 0.3) is 0 Å². The number of carbonyl (C=O) groups excluding carboxylic acids is 2. The number of amides is 3. The van der Waals surface area contributed by atoms with Gasteiger partial charge < -0.3 is 31.0 Å². The molecule has 3 rings (SSSR count). The lowest BCUT2D eigenvalue weighted by Gasteiger charge is -2.26. The summed E-state index contributed by atoms with van der Waals surface area (Å²) in [5.41, 5.74) is 2.83. The average molecular weight is 546 g/mol. The summed E-state index contributed by atoms with van der Waals surface area (Å²) in [5, 5.41) is 16.8. The second-order valence-corrected chi connectivity index (χ2v) is 9.33. The van der Waals surface area contributed by atoms with Crippen LogP contribution in [0.15, 0.2) is 95.5 Å². The van der Waals surface area contributed by atoms with E-state index in [1.54, 1.807) is 12.1 Å². The number of ether oxygens (including phenoxy) is 1. The average Bonchev–Trinajstić information content (AvgIpc) is 2.96. The predicted molar refractivity (Wildman–Crippen MR) is 160 cm³/mol. The van der Waals surface area contributed by atoms with E-state index in [4.69, 9.17) is 10.1 Å². The summed E-state index contributed by atoms with van der Waals surface area (Å²) in [7, 11) is 0. The van der Waals surface area contributed by atoms with E-state index in [2.05, 4.69) is 16.0 Å². The summed E-state index contributed by atoms with van der Waals surface area (Å²) in [6.45, 7) is 5.61. The molecule has 0 unspecified atom stereocenters. The fourth-order valence-electron chi connectivity index (χ4n) is 3.77. The number of nitrogens with zero attached hydrogens (tertiary/aromatic N) is 1. The van der Waals surface area contributed by atoms with Crippen LogP contribution >= 0.6 is 11.8 Å². The summed E-state index contributed by atoms with van der Waals surface area (Å²) in [4.78, 5) is 28.3. The van der Waals surface area contributed by atoms with Gasteiger partial charge in [-0.25, -0.2) is 4.79 Å². The van der Waals surface area contributed by atoms with E-state index in [0.717, 1.165) is 5.56 Å². The Morgan fingerprint density at radius 1 is 0.923 bits per heavy atom. The maximum absolute atomic E-state index is 13.4. The molecule has 0 aliphatic carbocycles. The summed E-state index contributed by atoms with van der Waals surface area (Å²) < 4.78 is 5.57. The number of likely N-dealkylation sites (N-methyl/N-ethyl adjacent to an activating group) is 1. The van der Waals surface area contributed by atoms with Gasteiger partial charge in [0.1, 0.15) is 5.75 Å². The minimum atomic E-state index is -0.362. The molecule has 3 amide bonds. The molecule has 8 nitrogen and oxygen atoms in total. The number of hydrogen-bond donors (Lipinski definition) is 4. The molecule has 4 N–H and O–H groups in total. The molecule has 0 spiro atoms. The van der Waals surface area contributed by atoms with E-state index in [0.29, 0.717) is 59.7 Å². The number of benzene rings is 3. The summed E-state index contributed by atoms with van der Waals surface area (Å²) in [6.07, 6.45) is 1.21. The smallest absolute Gasteiger partial charge is 0.319 e. The van der Waals surface area contributed by atoms with Crippen LogP contribution in [0.1, 0.15) is 19.4 Å². The van der Waals surface area contributed by atoms with E-state index in [-0.39, 0.29) is 11.9 Å². The molecular formula is C30H35N5O3S. The third-order valence-electron chi connectivity index (χ3n) is 5.66. The van der Waals surface area contributed by atoms with E-state index in [1.807, 2.05) is 91.5 Å². The molecule has 3 aromatic carbocycles. The van der Waals surface area contributed by atoms with E-state index in [1.165, 1.54) is 18.0 Å². The lowest BCUT2D eigenvalue weighted by molar-refractivity contribution is -0.112. The van der Waals surface area contributed by atoms with Gasteiger partial charge in [0.15, 0.2) is 0 Å². The molecule has 204 valence electrons. The van der Waals surface area contributed by atoms with E-state index >= 15 is 0 Å². The van der Waals surface area contributed by atoms with Gasteiger partial charge in [0.25, 0.3) is 5.91 Å². The molecule has 0 fully saturated rings. The van der Waals surface area contributed by atoms with Gasteiger partial charge in [0.2, 0.25) is 0 Å².